The molecule has 150 valence electrons. The molecule has 9 heteroatoms. The third kappa shape index (κ3) is 4.79. The first-order valence-electron chi connectivity index (χ1n) is 8.89. The molecule has 0 saturated carbocycles. The van der Waals surface area contributed by atoms with Gasteiger partial charge in [-0.25, -0.2) is 4.79 Å². The molecule has 1 saturated heterocycles. The second-order valence-electron chi connectivity index (χ2n) is 6.00. The maximum Gasteiger partial charge on any atom is 0.339 e. The van der Waals surface area contributed by atoms with Crippen LogP contribution in [-0.2, 0) is 9.47 Å². The fraction of sp³-hybridized carbons (Fsp3) is 0.421. The summed E-state index contributed by atoms with van der Waals surface area (Å²) in [4.78, 5) is 30.7. The number of amides is 1. The monoisotopic (exact) mass is 406 g/mol. The zero-order valence-corrected chi connectivity index (χ0v) is 16.6. The fourth-order valence-corrected chi connectivity index (χ4v) is 3.59. The first-order chi connectivity index (χ1) is 13.6. The lowest BCUT2D eigenvalue weighted by Crippen LogP contribution is -2.47. The van der Waals surface area contributed by atoms with Crippen LogP contribution in [0.15, 0.2) is 29.9 Å². The quantitative estimate of drug-likeness (QED) is 0.652. The second kappa shape index (κ2) is 9.52. The van der Waals surface area contributed by atoms with Crippen LogP contribution in [0.1, 0.15) is 27.0 Å². The van der Waals surface area contributed by atoms with E-state index < -0.39 is 5.97 Å². The van der Waals surface area contributed by atoms with E-state index in [4.69, 9.17) is 14.2 Å². The number of hydrogen-bond acceptors (Lipinski definition) is 8. The molecule has 0 spiro atoms. The largest absolute Gasteiger partial charge is 0.492 e. The van der Waals surface area contributed by atoms with Crippen molar-refractivity contribution >= 4 is 23.2 Å². The summed E-state index contributed by atoms with van der Waals surface area (Å²) in [5.74, 6) is 0.500. The van der Waals surface area contributed by atoms with Gasteiger partial charge in [0.2, 0.25) is 0 Å². The summed E-state index contributed by atoms with van der Waals surface area (Å²) in [5, 5.41) is 1.85. The van der Waals surface area contributed by atoms with Crippen molar-refractivity contribution in [3.63, 3.8) is 0 Å². The smallest absolute Gasteiger partial charge is 0.339 e. The Balaban J connectivity index is 1.59. The van der Waals surface area contributed by atoms with Gasteiger partial charge in [-0.15, -0.1) is 11.3 Å². The van der Waals surface area contributed by atoms with Gasteiger partial charge in [0.15, 0.2) is 0 Å². The molecule has 0 aromatic carbocycles. The summed E-state index contributed by atoms with van der Waals surface area (Å²) in [6.45, 7) is 3.98. The van der Waals surface area contributed by atoms with E-state index in [0.717, 1.165) is 0 Å². The molecule has 1 fully saturated rings. The topological polar surface area (TPSA) is 87.2 Å². The summed E-state index contributed by atoms with van der Waals surface area (Å²) in [6.07, 6.45) is 2.64. The summed E-state index contributed by atoms with van der Waals surface area (Å²) in [7, 11) is 1.31. The van der Waals surface area contributed by atoms with Crippen LogP contribution < -0.4 is 9.47 Å². The molecular weight excluding hydrogens is 384 g/mol. The van der Waals surface area contributed by atoms with Crippen LogP contribution in [-0.4, -0.2) is 67.9 Å². The Kier molecular flexibility index (Phi) is 6.83. The van der Waals surface area contributed by atoms with E-state index in [-0.39, 0.29) is 18.6 Å². The van der Waals surface area contributed by atoms with Gasteiger partial charge in [-0.3, -0.25) is 9.78 Å². The van der Waals surface area contributed by atoms with Gasteiger partial charge in [0.1, 0.15) is 29.1 Å². The number of hydrogen-bond donors (Lipinski definition) is 0. The fourth-order valence-electron chi connectivity index (χ4n) is 2.79. The summed E-state index contributed by atoms with van der Waals surface area (Å²) < 4.78 is 21.6. The van der Waals surface area contributed by atoms with Crippen LogP contribution >= 0.6 is 11.3 Å². The predicted octanol–water partition coefficient (Wildman–Crippen LogP) is 2.25. The van der Waals surface area contributed by atoms with Gasteiger partial charge in [-0.1, -0.05) is 0 Å². The van der Waals surface area contributed by atoms with Gasteiger partial charge in [0.25, 0.3) is 5.91 Å². The van der Waals surface area contributed by atoms with Crippen LogP contribution in [0.4, 0.5) is 0 Å². The van der Waals surface area contributed by atoms with Crippen molar-refractivity contribution < 1.29 is 28.5 Å². The highest BCUT2D eigenvalue weighted by atomic mass is 32.1. The normalized spacial score (nSPS) is 16.5. The lowest BCUT2D eigenvalue weighted by Gasteiger charge is -2.32. The minimum atomic E-state index is -0.482. The number of rotatable bonds is 7. The van der Waals surface area contributed by atoms with Crippen molar-refractivity contribution in [2.24, 2.45) is 0 Å². The Morgan fingerprint density at radius 1 is 1.36 bits per heavy atom. The highest BCUT2D eigenvalue weighted by molar-refractivity contribution is 7.12. The number of ether oxygens (including phenoxy) is 4. The van der Waals surface area contributed by atoms with E-state index in [1.165, 1.54) is 30.8 Å². The van der Waals surface area contributed by atoms with E-state index >= 15 is 0 Å². The number of nitrogens with zero attached hydrogens (tertiary/aromatic N) is 2. The van der Waals surface area contributed by atoms with E-state index in [1.54, 1.807) is 11.0 Å². The molecule has 0 N–H and O–H groups in total. The van der Waals surface area contributed by atoms with Gasteiger partial charge >= 0.3 is 5.97 Å². The molecule has 1 aliphatic rings. The molecule has 2 aromatic rings. The standard InChI is InChI=1S/C19H22N2O6S/c1-3-25-16-4-7-28-17(16)18(22)21-5-6-26-15(11-21)12-27-14-8-13(9-20-10-14)19(23)24-2/h4,7-10,15H,3,5-6,11-12H2,1-2H3. The Morgan fingerprint density at radius 2 is 2.21 bits per heavy atom. The molecule has 2 aromatic heterocycles. The second-order valence-corrected chi connectivity index (χ2v) is 6.92. The van der Waals surface area contributed by atoms with Gasteiger partial charge in [-0.2, -0.15) is 0 Å². The maximum atomic E-state index is 12.8. The maximum absolute atomic E-state index is 12.8. The number of thiophene rings is 1. The number of aromatic nitrogens is 1. The van der Waals surface area contributed by atoms with Crippen LogP contribution in [0.5, 0.6) is 11.5 Å². The Labute approximate surface area is 167 Å². The van der Waals surface area contributed by atoms with E-state index in [9.17, 15) is 9.59 Å². The number of pyridine rings is 1. The van der Waals surface area contributed by atoms with Crippen LogP contribution in [0.2, 0.25) is 0 Å². The number of methoxy groups -OCH3 is 1. The molecule has 0 radical (unpaired) electrons. The highest BCUT2D eigenvalue weighted by Gasteiger charge is 2.28. The summed E-state index contributed by atoms with van der Waals surface area (Å²) in [6, 6.07) is 3.37. The van der Waals surface area contributed by atoms with E-state index in [0.29, 0.717) is 48.2 Å². The molecular formula is C19H22N2O6S. The number of carbonyl (C=O) groups excluding carboxylic acids is 2. The molecule has 0 aliphatic carbocycles. The van der Waals surface area contributed by atoms with Crippen molar-refractivity contribution in [1.29, 1.82) is 0 Å². The lowest BCUT2D eigenvalue weighted by atomic mass is 10.2. The average Bonchev–Trinajstić information content (AvgIpc) is 3.20. The molecule has 3 heterocycles. The Bertz CT molecular complexity index is 824. The van der Waals surface area contributed by atoms with E-state index in [1.807, 2.05) is 18.4 Å². The average molecular weight is 406 g/mol. The van der Waals surface area contributed by atoms with Crippen molar-refractivity contribution in [1.82, 2.24) is 9.88 Å². The van der Waals surface area contributed by atoms with Gasteiger partial charge in [0, 0.05) is 12.7 Å². The zero-order valence-electron chi connectivity index (χ0n) is 15.8. The molecule has 3 rings (SSSR count). The van der Waals surface area contributed by atoms with Crippen molar-refractivity contribution in [3.05, 3.63) is 40.3 Å². The van der Waals surface area contributed by atoms with Crippen LogP contribution in [0.25, 0.3) is 0 Å². The van der Waals surface area contributed by atoms with Crippen LogP contribution in [0.3, 0.4) is 0 Å². The summed E-state index contributed by atoms with van der Waals surface area (Å²) in [5.41, 5.74) is 0.308. The molecule has 1 aliphatic heterocycles. The molecule has 8 nitrogen and oxygen atoms in total. The molecule has 1 atom stereocenters. The van der Waals surface area contributed by atoms with Crippen molar-refractivity contribution in [2.75, 3.05) is 40.0 Å². The number of esters is 1. The van der Waals surface area contributed by atoms with Crippen molar-refractivity contribution in [3.8, 4) is 11.5 Å². The molecule has 28 heavy (non-hydrogen) atoms. The zero-order chi connectivity index (χ0) is 19.9. The highest BCUT2D eigenvalue weighted by Crippen LogP contribution is 2.27. The summed E-state index contributed by atoms with van der Waals surface area (Å²) >= 11 is 1.37. The van der Waals surface area contributed by atoms with Crippen molar-refractivity contribution in [2.45, 2.75) is 13.0 Å². The number of morpholine rings is 1. The third-order valence-electron chi connectivity index (χ3n) is 4.12. The van der Waals surface area contributed by atoms with E-state index in [2.05, 4.69) is 9.72 Å². The number of carbonyl (C=O) groups is 2. The first kappa shape index (κ1) is 20.1. The Morgan fingerprint density at radius 3 is 3.00 bits per heavy atom. The Hall–Kier alpha value is -2.65. The minimum Gasteiger partial charge on any atom is -0.492 e. The van der Waals surface area contributed by atoms with Crippen LogP contribution in [0, 0.1) is 0 Å². The molecule has 1 amide bonds. The van der Waals surface area contributed by atoms with Gasteiger partial charge in [-0.05, 0) is 24.4 Å². The molecule has 0 bridgehead atoms. The van der Waals surface area contributed by atoms with Gasteiger partial charge in [0.05, 0.1) is 38.6 Å². The lowest BCUT2D eigenvalue weighted by molar-refractivity contribution is -0.0401. The van der Waals surface area contributed by atoms with Gasteiger partial charge < -0.3 is 23.8 Å². The third-order valence-corrected chi connectivity index (χ3v) is 5.00. The SMILES string of the molecule is CCOc1ccsc1C(=O)N1CCOC(COc2cncc(C(=O)OC)c2)C1. The molecule has 1 unspecified atom stereocenters. The first-order valence-corrected chi connectivity index (χ1v) is 9.77. The predicted molar refractivity (Wildman–Crippen MR) is 102 cm³/mol. The minimum absolute atomic E-state index is 0.0684.